The monoisotopic (exact) mass is 451 g/mol. The summed E-state index contributed by atoms with van der Waals surface area (Å²) in [5.74, 6) is -0.197. The number of sulfonamides is 1. The van der Waals surface area contributed by atoms with Crippen molar-refractivity contribution in [3.63, 3.8) is 0 Å². The van der Waals surface area contributed by atoms with E-state index in [0.29, 0.717) is 16.3 Å². The van der Waals surface area contributed by atoms with Crippen LogP contribution in [0.25, 0.3) is 0 Å². The second-order valence-electron chi connectivity index (χ2n) is 6.58. The van der Waals surface area contributed by atoms with Crippen molar-refractivity contribution in [3.05, 3.63) is 59.1 Å². The molecule has 0 aliphatic carbocycles. The summed E-state index contributed by atoms with van der Waals surface area (Å²) in [5, 5.41) is 2.91. The number of hydrogen-bond acceptors (Lipinski definition) is 5. The number of nitrogens with one attached hydrogen (secondary N) is 1. The van der Waals surface area contributed by atoms with Crippen LogP contribution in [-0.2, 0) is 14.8 Å². The van der Waals surface area contributed by atoms with Crippen LogP contribution < -0.4 is 5.32 Å². The zero-order chi connectivity index (χ0) is 21.7. The van der Waals surface area contributed by atoms with Crippen LogP contribution in [0.1, 0.15) is 17.3 Å². The van der Waals surface area contributed by atoms with Crippen LogP contribution >= 0.6 is 11.6 Å². The lowest BCUT2D eigenvalue weighted by atomic mass is 10.1. The first-order valence-electron chi connectivity index (χ1n) is 9.40. The van der Waals surface area contributed by atoms with E-state index in [-0.39, 0.29) is 43.6 Å². The van der Waals surface area contributed by atoms with Gasteiger partial charge in [0.25, 0.3) is 5.91 Å². The molecule has 0 aromatic heterocycles. The van der Waals surface area contributed by atoms with Gasteiger partial charge in [0.05, 0.1) is 11.5 Å². The van der Waals surface area contributed by atoms with Crippen LogP contribution in [0.4, 0.5) is 10.5 Å². The molecule has 0 atom stereocenters. The first-order chi connectivity index (χ1) is 14.3. The number of carbonyl (C=O) groups is 2. The van der Waals surface area contributed by atoms with Gasteiger partial charge in [0.1, 0.15) is 0 Å². The van der Waals surface area contributed by atoms with Crippen LogP contribution in [0.15, 0.2) is 53.4 Å². The number of anilines is 1. The van der Waals surface area contributed by atoms with E-state index in [1.807, 2.05) is 0 Å². The topological polar surface area (TPSA) is 96.0 Å². The molecule has 1 aliphatic rings. The van der Waals surface area contributed by atoms with E-state index in [0.717, 1.165) is 0 Å². The minimum atomic E-state index is -3.66. The third kappa shape index (κ3) is 5.10. The van der Waals surface area contributed by atoms with Crippen molar-refractivity contribution >= 4 is 39.3 Å². The lowest BCUT2D eigenvalue weighted by Crippen LogP contribution is -2.50. The van der Waals surface area contributed by atoms with Gasteiger partial charge in [0.2, 0.25) is 10.0 Å². The molecule has 1 heterocycles. The summed E-state index contributed by atoms with van der Waals surface area (Å²) >= 11 is 5.91. The van der Waals surface area contributed by atoms with Crippen molar-refractivity contribution in [2.75, 3.05) is 38.1 Å². The molecule has 0 saturated carbocycles. The molecule has 2 amide bonds. The second kappa shape index (κ2) is 9.46. The molecule has 160 valence electrons. The standard InChI is InChI=1S/C20H22ClN3O5S/c1-2-29-20(26)22-17-8-6-15(7-9-17)19(25)23-10-12-24(13-11-23)30(27,28)18-5-3-4-16(21)14-18/h3-9,14H,2,10-13H2,1H3,(H,22,26). The summed E-state index contributed by atoms with van der Waals surface area (Å²) < 4.78 is 31.7. The number of halogens is 1. The summed E-state index contributed by atoms with van der Waals surface area (Å²) in [6, 6.07) is 12.6. The predicted molar refractivity (Wildman–Crippen MR) is 113 cm³/mol. The van der Waals surface area contributed by atoms with Gasteiger partial charge in [-0.05, 0) is 49.4 Å². The molecule has 0 unspecified atom stereocenters. The van der Waals surface area contributed by atoms with Crippen LogP contribution in [0.2, 0.25) is 5.02 Å². The Hall–Kier alpha value is -2.62. The SMILES string of the molecule is CCOC(=O)Nc1ccc(C(=O)N2CCN(S(=O)(=O)c3cccc(Cl)c3)CC2)cc1. The number of hydrogen-bond donors (Lipinski definition) is 1. The molecule has 0 spiro atoms. The molecule has 10 heteroatoms. The Balaban J connectivity index is 1.60. The zero-order valence-electron chi connectivity index (χ0n) is 16.4. The fraction of sp³-hybridized carbons (Fsp3) is 0.300. The maximum Gasteiger partial charge on any atom is 0.411 e. The molecule has 2 aromatic rings. The average molecular weight is 452 g/mol. The summed E-state index contributed by atoms with van der Waals surface area (Å²) in [5.41, 5.74) is 0.970. The number of rotatable bonds is 5. The molecule has 0 bridgehead atoms. The Bertz CT molecular complexity index is 1020. The average Bonchev–Trinajstić information content (AvgIpc) is 2.74. The minimum absolute atomic E-state index is 0.138. The zero-order valence-corrected chi connectivity index (χ0v) is 17.9. The molecule has 1 fully saturated rings. The highest BCUT2D eigenvalue weighted by Crippen LogP contribution is 2.21. The molecule has 30 heavy (non-hydrogen) atoms. The first-order valence-corrected chi connectivity index (χ1v) is 11.2. The summed E-state index contributed by atoms with van der Waals surface area (Å²) in [6.45, 7) is 2.93. The quantitative estimate of drug-likeness (QED) is 0.753. The molecule has 3 rings (SSSR count). The van der Waals surface area contributed by atoms with Crippen molar-refractivity contribution in [1.82, 2.24) is 9.21 Å². The molecule has 2 aromatic carbocycles. The lowest BCUT2D eigenvalue weighted by molar-refractivity contribution is 0.0698. The van der Waals surface area contributed by atoms with Crippen LogP contribution in [0.5, 0.6) is 0 Å². The Labute approximate surface area is 180 Å². The second-order valence-corrected chi connectivity index (χ2v) is 8.95. The van der Waals surface area contributed by atoms with Crippen molar-refractivity contribution in [1.29, 1.82) is 0 Å². The molecule has 1 N–H and O–H groups in total. The highest BCUT2D eigenvalue weighted by molar-refractivity contribution is 7.89. The van der Waals surface area contributed by atoms with Gasteiger partial charge in [-0.1, -0.05) is 17.7 Å². The van der Waals surface area contributed by atoms with E-state index >= 15 is 0 Å². The van der Waals surface area contributed by atoms with Gasteiger partial charge in [0, 0.05) is 42.5 Å². The maximum atomic E-state index is 12.8. The molecular weight excluding hydrogens is 430 g/mol. The first kappa shape index (κ1) is 22.1. The number of carbonyl (C=O) groups excluding carboxylic acids is 2. The number of ether oxygens (including phenoxy) is 1. The Morgan fingerprint density at radius 1 is 1.07 bits per heavy atom. The molecule has 1 aliphatic heterocycles. The third-order valence-electron chi connectivity index (χ3n) is 4.61. The largest absolute Gasteiger partial charge is 0.450 e. The Morgan fingerprint density at radius 2 is 1.73 bits per heavy atom. The van der Waals surface area contributed by atoms with Gasteiger partial charge in [0.15, 0.2) is 0 Å². The highest BCUT2D eigenvalue weighted by atomic mass is 35.5. The summed E-state index contributed by atoms with van der Waals surface area (Å²) in [6.07, 6.45) is -0.561. The fourth-order valence-electron chi connectivity index (χ4n) is 3.07. The minimum Gasteiger partial charge on any atom is -0.450 e. The van der Waals surface area contributed by atoms with E-state index in [4.69, 9.17) is 16.3 Å². The lowest BCUT2D eigenvalue weighted by Gasteiger charge is -2.34. The van der Waals surface area contributed by atoms with Gasteiger partial charge in [-0.15, -0.1) is 0 Å². The summed E-state index contributed by atoms with van der Waals surface area (Å²) in [7, 11) is -3.66. The van der Waals surface area contributed by atoms with Gasteiger partial charge in [-0.2, -0.15) is 4.31 Å². The van der Waals surface area contributed by atoms with Crippen molar-refractivity contribution in [2.45, 2.75) is 11.8 Å². The van der Waals surface area contributed by atoms with Crippen molar-refractivity contribution in [2.24, 2.45) is 0 Å². The molecule has 8 nitrogen and oxygen atoms in total. The Morgan fingerprint density at radius 3 is 2.33 bits per heavy atom. The van der Waals surface area contributed by atoms with Crippen LogP contribution in [-0.4, -0.2) is 62.4 Å². The number of piperazine rings is 1. The van der Waals surface area contributed by atoms with E-state index in [9.17, 15) is 18.0 Å². The highest BCUT2D eigenvalue weighted by Gasteiger charge is 2.30. The van der Waals surface area contributed by atoms with Crippen molar-refractivity contribution in [3.8, 4) is 0 Å². The van der Waals surface area contributed by atoms with E-state index in [1.54, 1.807) is 48.2 Å². The Kier molecular flexibility index (Phi) is 6.96. The number of amides is 2. The third-order valence-corrected chi connectivity index (χ3v) is 6.74. The van der Waals surface area contributed by atoms with E-state index in [2.05, 4.69) is 5.32 Å². The van der Waals surface area contributed by atoms with Crippen LogP contribution in [0.3, 0.4) is 0 Å². The van der Waals surface area contributed by atoms with Gasteiger partial charge in [-0.3, -0.25) is 10.1 Å². The normalized spacial score (nSPS) is 14.9. The van der Waals surface area contributed by atoms with Crippen molar-refractivity contribution < 1.29 is 22.7 Å². The number of nitrogens with zero attached hydrogens (tertiary/aromatic N) is 2. The van der Waals surface area contributed by atoms with Gasteiger partial charge in [-0.25, -0.2) is 13.2 Å². The molecular formula is C20H22ClN3O5S. The van der Waals surface area contributed by atoms with Gasteiger partial charge >= 0.3 is 6.09 Å². The number of benzene rings is 2. The van der Waals surface area contributed by atoms with Crippen LogP contribution in [0, 0.1) is 0 Å². The predicted octanol–water partition coefficient (Wildman–Crippen LogP) is 3.06. The maximum absolute atomic E-state index is 12.8. The molecule has 1 saturated heterocycles. The fourth-order valence-corrected chi connectivity index (χ4v) is 4.80. The summed E-state index contributed by atoms with van der Waals surface area (Å²) in [4.78, 5) is 25.9. The molecule has 0 radical (unpaired) electrons. The van der Waals surface area contributed by atoms with E-state index in [1.165, 1.54) is 16.4 Å². The van der Waals surface area contributed by atoms with E-state index < -0.39 is 16.1 Å². The smallest absolute Gasteiger partial charge is 0.411 e. The van der Waals surface area contributed by atoms with Gasteiger partial charge < -0.3 is 9.64 Å².